The summed E-state index contributed by atoms with van der Waals surface area (Å²) in [6.45, 7) is 3.75. The first-order chi connectivity index (χ1) is 7.51. The number of hydrogen-bond donors (Lipinski definition) is 0. The van der Waals surface area contributed by atoms with Gasteiger partial charge in [-0.25, -0.2) is 0 Å². The van der Waals surface area contributed by atoms with Crippen LogP contribution in [0.1, 0.15) is 39.5 Å². The Balaban J connectivity index is 2.14. The van der Waals surface area contributed by atoms with Gasteiger partial charge in [-0.3, -0.25) is 9.59 Å². The lowest BCUT2D eigenvalue weighted by molar-refractivity contribution is -0.123. The number of allylic oxidation sites excluding steroid dienone is 4. The van der Waals surface area contributed by atoms with Gasteiger partial charge in [0.1, 0.15) is 5.78 Å². The Morgan fingerprint density at radius 1 is 1.00 bits per heavy atom. The van der Waals surface area contributed by atoms with Crippen LogP contribution in [0.15, 0.2) is 23.3 Å². The van der Waals surface area contributed by atoms with E-state index < -0.39 is 0 Å². The van der Waals surface area contributed by atoms with Gasteiger partial charge in [-0.15, -0.1) is 0 Å². The lowest BCUT2D eigenvalue weighted by Gasteiger charge is -2.32. The standard InChI is InChI=1S/C14H16O2/c1-9-7-13(8-10(2)12(9)16)4-3-11(15)14(13)5-6-14/h7-8H,3-6H2,1-2H3. The van der Waals surface area contributed by atoms with Crippen LogP contribution in [0, 0.1) is 10.8 Å². The molecule has 2 heteroatoms. The zero-order valence-electron chi connectivity index (χ0n) is 9.80. The number of carbonyl (C=O) groups excluding carboxylic acids is 2. The lowest BCUT2D eigenvalue weighted by Crippen LogP contribution is -2.30. The number of ketones is 2. The molecule has 0 atom stereocenters. The minimum absolute atomic E-state index is 0.119. The smallest absolute Gasteiger partial charge is 0.183 e. The summed E-state index contributed by atoms with van der Waals surface area (Å²) in [7, 11) is 0. The minimum Gasteiger partial charge on any atom is -0.299 e. The molecular weight excluding hydrogens is 200 g/mol. The monoisotopic (exact) mass is 216 g/mol. The van der Waals surface area contributed by atoms with Gasteiger partial charge >= 0.3 is 0 Å². The Labute approximate surface area is 95.4 Å². The zero-order valence-corrected chi connectivity index (χ0v) is 9.80. The van der Waals surface area contributed by atoms with E-state index in [1.807, 2.05) is 13.8 Å². The van der Waals surface area contributed by atoms with Crippen LogP contribution in [0.3, 0.4) is 0 Å². The molecule has 3 aliphatic rings. The molecule has 0 saturated heterocycles. The molecule has 84 valence electrons. The molecule has 3 aliphatic carbocycles. The number of fused-ring (bicyclic) bond motifs is 1. The number of Topliss-reactive ketones (excluding diaryl/α,β-unsaturated/α-hetero) is 2. The van der Waals surface area contributed by atoms with E-state index in [1.165, 1.54) is 0 Å². The Morgan fingerprint density at radius 3 is 2.06 bits per heavy atom. The van der Waals surface area contributed by atoms with Gasteiger partial charge in [0, 0.05) is 17.3 Å². The quantitative estimate of drug-likeness (QED) is 0.623. The highest BCUT2D eigenvalue weighted by atomic mass is 16.1. The molecule has 0 radical (unpaired) electrons. The van der Waals surface area contributed by atoms with Crippen LogP contribution < -0.4 is 0 Å². The van der Waals surface area contributed by atoms with E-state index in [0.717, 1.165) is 30.4 Å². The highest BCUT2D eigenvalue weighted by Gasteiger charge is 2.65. The van der Waals surface area contributed by atoms with E-state index in [4.69, 9.17) is 0 Å². The molecule has 0 amide bonds. The molecule has 0 aliphatic heterocycles. The number of hydrogen-bond acceptors (Lipinski definition) is 2. The highest BCUT2D eigenvalue weighted by molar-refractivity contribution is 6.09. The molecule has 16 heavy (non-hydrogen) atoms. The third-order valence-electron chi connectivity index (χ3n) is 4.60. The van der Waals surface area contributed by atoms with Gasteiger partial charge in [0.2, 0.25) is 0 Å². The van der Waals surface area contributed by atoms with Gasteiger partial charge in [-0.1, -0.05) is 12.2 Å². The predicted molar refractivity (Wildman–Crippen MR) is 60.9 cm³/mol. The molecule has 0 aromatic carbocycles. The first-order valence-corrected chi connectivity index (χ1v) is 5.98. The van der Waals surface area contributed by atoms with Gasteiger partial charge in [0.15, 0.2) is 5.78 Å². The van der Waals surface area contributed by atoms with Gasteiger partial charge in [-0.05, 0) is 44.3 Å². The third kappa shape index (κ3) is 0.977. The van der Waals surface area contributed by atoms with Crippen molar-refractivity contribution in [2.24, 2.45) is 10.8 Å². The predicted octanol–water partition coefficient (Wildman–Crippen LogP) is 2.59. The van der Waals surface area contributed by atoms with E-state index in [1.54, 1.807) is 0 Å². The number of rotatable bonds is 0. The van der Waals surface area contributed by atoms with Gasteiger partial charge in [0.05, 0.1) is 0 Å². The van der Waals surface area contributed by atoms with Crippen molar-refractivity contribution in [3.05, 3.63) is 23.3 Å². The summed E-state index contributed by atoms with van der Waals surface area (Å²) in [6.07, 6.45) is 7.73. The molecule has 0 unspecified atom stereocenters. The van der Waals surface area contributed by atoms with Gasteiger partial charge in [-0.2, -0.15) is 0 Å². The summed E-state index contributed by atoms with van der Waals surface area (Å²) in [5.74, 6) is 0.552. The maximum atomic E-state index is 12.0. The van der Waals surface area contributed by atoms with Crippen molar-refractivity contribution in [1.29, 1.82) is 0 Å². The maximum absolute atomic E-state index is 12.0. The molecule has 0 aromatic heterocycles. The Hall–Kier alpha value is -1.18. The summed E-state index contributed by atoms with van der Waals surface area (Å²) in [5.41, 5.74) is 1.39. The minimum atomic E-state index is -0.129. The number of carbonyl (C=O) groups is 2. The van der Waals surface area contributed by atoms with Crippen molar-refractivity contribution >= 4 is 11.6 Å². The second kappa shape index (κ2) is 2.73. The second-order valence-electron chi connectivity index (χ2n) is 5.53. The first-order valence-electron chi connectivity index (χ1n) is 5.98. The SMILES string of the molecule is CC1=CC2(C=C(C)C1=O)CCC(=O)C21CC1. The fraction of sp³-hybridized carbons (Fsp3) is 0.571. The van der Waals surface area contributed by atoms with Crippen molar-refractivity contribution in [2.45, 2.75) is 39.5 Å². The molecular formula is C14H16O2. The average molecular weight is 216 g/mol. The van der Waals surface area contributed by atoms with Crippen molar-refractivity contribution in [3.8, 4) is 0 Å². The molecule has 2 saturated carbocycles. The Kier molecular flexibility index (Phi) is 1.71. The second-order valence-corrected chi connectivity index (χ2v) is 5.53. The van der Waals surface area contributed by atoms with Crippen molar-refractivity contribution in [1.82, 2.24) is 0 Å². The summed E-state index contributed by atoms with van der Waals surface area (Å²) < 4.78 is 0. The van der Waals surface area contributed by atoms with Crippen LogP contribution in [-0.2, 0) is 9.59 Å². The maximum Gasteiger partial charge on any atom is 0.183 e. The fourth-order valence-electron chi connectivity index (χ4n) is 3.60. The molecule has 2 fully saturated rings. The Bertz CT molecular complexity index is 439. The molecule has 0 bridgehead atoms. The van der Waals surface area contributed by atoms with Gasteiger partial charge < -0.3 is 0 Å². The normalized spacial score (nSPS) is 29.6. The fourth-order valence-corrected chi connectivity index (χ4v) is 3.60. The van der Waals surface area contributed by atoms with Gasteiger partial charge in [0.25, 0.3) is 0 Å². The first kappa shape index (κ1) is 10.0. The van der Waals surface area contributed by atoms with Crippen LogP contribution in [0.25, 0.3) is 0 Å². The lowest BCUT2D eigenvalue weighted by atomic mass is 9.69. The molecule has 0 heterocycles. The zero-order chi connectivity index (χ0) is 11.6. The summed E-state index contributed by atoms with van der Waals surface area (Å²) in [6, 6.07) is 0. The van der Waals surface area contributed by atoms with Crippen LogP contribution in [0.2, 0.25) is 0 Å². The van der Waals surface area contributed by atoms with Crippen LogP contribution in [-0.4, -0.2) is 11.6 Å². The molecule has 3 rings (SSSR count). The van der Waals surface area contributed by atoms with E-state index in [9.17, 15) is 9.59 Å². The topological polar surface area (TPSA) is 34.1 Å². The third-order valence-corrected chi connectivity index (χ3v) is 4.60. The highest BCUT2D eigenvalue weighted by Crippen LogP contribution is 2.68. The van der Waals surface area contributed by atoms with E-state index in [-0.39, 0.29) is 16.6 Å². The van der Waals surface area contributed by atoms with Crippen LogP contribution in [0.5, 0.6) is 0 Å². The molecule has 0 N–H and O–H groups in total. The average Bonchev–Trinajstić information content (AvgIpc) is 2.99. The summed E-state index contributed by atoms with van der Waals surface area (Å²) in [5, 5.41) is 0. The van der Waals surface area contributed by atoms with Crippen LogP contribution in [0.4, 0.5) is 0 Å². The molecule has 2 nitrogen and oxygen atoms in total. The van der Waals surface area contributed by atoms with Crippen molar-refractivity contribution in [3.63, 3.8) is 0 Å². The summed E-state index contributed by atoms with van der Waals surface area (Å²) >= 11 is 0. The molecule has 2 spiro atoms. The largest absolute Gasteiger partial charge is 0.299 e. The van der Waals surface area contributed by atoms with Crippen molar-refractivity contribution < 1.29 is 9.59 Å². The van der Waals surface area contributed by atoms with E-state index in [2.05, 4.69) is 12.2 Å². The van der Waals surface area contributed by atoms with E-state index >= 15 is 0 Å². The molecule has 0 aromatic rings. The van der Waals surface area contributed by atoms with Crippen LogP contribution >= 0.6 is 0 Å². The Morgan fingerprint density at radius 2 is 1.56 bits per heavy atom. The summed E-state index contributed by atoms with van der Waals surface area (Å²) in [4.78, 5) is 23.7. The van der Waals surface area contributed by atoms with Crippen molar-refractivity contribution in [2.75, 3.05) is 0 Å². The van der Waals surface area contributed by atoms with E-state index in [0.29, 0.717) is 12.2 Å².